The molecule has 23 heavy (non-hydrogen) atoms. The molecular formula is C17H26N4OS. The number of nitrogens with one attached hydrogen (secondary N) is 2. The molecule has 0 amide bonds. The highest BCUT2D eigenvalue weighted by atomic mass is 32.1. The quantitative estimate of drug-likeness (QED) is 0.575. The number of nitrogens with zero attached hydrogens (tertiary/aromatic N) is 2. The number of furan rings is 1. The van der Waals surface area contributed by atoms with Crippen LogP contribution in [0, 0.1) is 0 Å². The van der Waals surface area contributed by atoms with Crippen molar-refractivity contribution in [1.82, 2.24) is 15.5 Å². The van der Waals surface area contributed by atoms with E-state index < -0.39 is 0 Å². The smallest absolute Gasteiger partial charge is 0.191 e. The van der Waals surface area contributed by atoms with Gasteiger partial charge in [-0.25, -0.2) is 0 Å². The summed E-state index contributed by atoms with van der Waals surface area (Å²) in [6.45, 7) is 7.82. The lowest BCUT2D eigenvalue weighted by Crippen LogP contribution is -2.42. The molecule has 1 atom stereocenters. The van der Waals surface area contributed by atoms with Crippen LogP contribution in [0.2, 0.25) is 0 Å². The van der Waals surface area contributed by atoms with Crippen molar-refractivity contribution in [2.24, 2.45) is 4.99 Å². The van der Waals surface area contributed by atoms with Crippen LogP contribution in [0.3, 0.4) is 0 Å². The fourth-order valence-electron chi connectivity index (χ4n) is 2.55. The molecule has 0 radical (unpaired) electrons. The predicted molar refractivity (Wildman–Crippen MR) is 96.9 cm³/mol. The molecule has 0 aliphatic heterocycles. The Labute approximate surface area is 142 Å². The highest BCUT2D eigenvalue weighted by Gasteiger charge is 2.20. The molecule has 0 saturated heterocycles. The zero-order chi connectivity index (χ0) is 16.5. The number of rotatable bonds is 8. The van der Waals surface area contributed by atoms with Crippen molar-refractivity contribution >= 4 is 17.3 Å². The summed E-state index contributed by atoms with van der Waals surface area (Å²) in [7, 11) is 1.79. The monoisotopic (exact) mass is 334 g/mol. The van der Waals surface area contributed by atoms with Crippen molar-refractivity contribution in [3.8, 4) is 0 Å². The lowest BCUT2D eigenvalue weighted by atomic mass is 10.2. The van der Waals surface area contributed by atoms with E-state index in [2.05, 4.69) is 51.2 Å². The molecule has 0 aromatic carbocycles. The van der Waals surface area contributed by atoms with Gasteiger partial charge in [0.25, 0.3) is 0 Å². The zero-order valence-corrected chi connectivity index (χ0v) is 14.9. The Morgan fingerprint density at radius 2 is 2.13 bits per heavy atom. The van der Waals surface area contributed by atoms with Crippen molar-refractivity contribution in [3.63, 3.8) is 0 Å². The van der Waals surface area contributed by atoms with Gasteiger partial charge < -0.3 is 15.1 Å². The molecule has 0 aliphatic rings. The molecule has 6 heteroatoms. The van der Waals surface area contributed by atoms with Crippen molar-refractivity contribution in [2.45, 2.75) is 26.4 Å². The minimum absolute atomic E-state index is 0.194. The Hall–Kier alpha value is -1.79. The van der Waals surface area contributed by atoms with Crippen LogP contribution in [0.25, 0.3) is 0 Å². The van der Waals surface area contributed by atoms with Crippen LogP contribution in [-0.2, 0) is 6.54 Å². The first-order valence-electron chi connectivity index (χ1n) is 8.01. The van der Waals surface area contributed by atoms with E-state index in [9.17, 15) is 0 Å². The molecule has 0 saturated carbocycles. The Morgan fingerprint density at radius 1 is 1.30 bits per heavy atom. The number of thiophene rings is 1. The van der Waals surface area contributed by atoms with Gasteiger partial charge in [0.1, 0.15) is 5.76 Å². The van der Waals surface area contributed by atoms with E-state index in [4.69, 9.17) is 4.42 Å². The molecule has 2 rings (SSSR count). The molecule has 0 spiro atoms. The Morgan fingerprint density at radius 3 is 2.70 bits per heavy atom. The summed E-state index contributed by atoms with van der Waals surface area (Å²) in [5.41, 5.74) is 1.27. The molecule has 1 unspecified atom stereocenters. The van der Waals surface area contributed by atoms with E-state index >= 15 is 0 Å². The molecule has 5 nitrogen and oxygen atoms in total. The fourth-order valence-corrected chi connectivity index (χ4v) is 3.22. The average molecular weight is 334 g/mol. The van der Waals surface area contributed by atoms with Crippen LogP contribution < -0.4 is 10.6 Å². The minimum Gasteiger partial charge on any atom is -0.468 e. The van der Waals surface area contributed by atoms with Crippen molar-refractivity contribution in [1.29, 1.82) is 0 Å². The van der Waals surface area contributed by atoms with Gasteiger partial charge in [-0.05, 0) is 47.6 Å². The van der Waals surface area contributed by atoms with E-state index in [0.29, 0.717) is 0 Å². The lowest BCUT2D eigenvalue weighted by Gasteiger charge is -2.28. The summed E-state index contributed by atoms with van der Waals surface area (Å²) < 4.78 is 5.62. The number of guanidine groups is 1. The lowest BCUT2D eigenvalue weighted by molar-refractivity contribution is 0.193. The van der Waals surface area contributed by atoms with Crippen LogP contribution in [0.5, 0.6) is 0 Å². The second-order valence-corrected chi connectivity index (χ2v) is 5.97. The second kappa shape index (κ2) is 9.37. The van der Waals surface area contributed by atoms with Gasteiger partial charge in [0.2, 0.25) is 0 Å². The summed E-state index contributed by atoms with van der Waals surface area (Å²) in [6, 6.07) is 6.29. The Bertz CT molecular complexity index is 561. The minimum atomic E-state index is 0.194. The number of hydrogen-bond acceptors (Lipinski definition) is 4. The van der Waals surface area contributed by atoms with Gasteiger partial charge in [-0.2, -0.15) is 11.3 Å². The van der Waals surface area contributed by atoms with Gasteiger partial charge in [0.15, 0.2) is 5.96 Å². The van der Waals surface area contributed by atoms with Gasteiger partial charge in [0.05, 0.1) is 12.3 Å². The normalized spacial score (nSPS) is 13.3. The topological polar surface area (TPSA) is 52.8 Å². The first-order valence-corrected chi connectivity index (χ1v) is 8.95. The fraction of sp³-hybridized carbons (Fsp3) is 0.471. The van der Waals surface area contributed by atoms with E-state index in [1.165, 1.54) is 5.56 Å². The highest BCUT2D eigenvalue weighted by molar-refractivity contribution is 7.07. The number of likely N-dealkylation sites (N-methyl/N-ethyl adjacent to an activating group) is 1. The van der Waals surface area contributed by atoms with Gasteiger partial charge in [-0.1, -0.05) is 13.8 Å². The van der Waals surface area contributed by atoms with Crippen molar-refractivity contribution in [2.75, 3.05) is 26.7 Å². The summed E-state index contributed by atoms with van der Waals surface area (Å²) >= 11 is 1.71. The van der Waals surface area contributed by atoms with E-state index in [1.54, 1.807) is 24.6 Å². The van der Waals surface area contributed by atoms with Gasteiger partial charge in [-0.15, -0.1) is 0 Å². The Kier molecular flexibility index (Phi) is 7.16. The van der Waals surface area contributed by atoms with Crippen LogP contribution in [0.4, 0.5) is 0 Å². The van der Waals surface area contributed by atoms with Gasteiger partial charge in [0, 0.05) is 20.1 Å². The van der Waals surface area contributed by atoms with E-state index in [-0.39, 0.29) is 6.04 Å². The third-order valence-corrected chi connectivity index (χ3v) is 4.58. The van der Waals surface area contributed by atoms with Crippen molar-refractivity contribution < 1.29 is 4.42 Å². The highest BCUT2D eigenvalue weighted by Crippen LogP contribution is 2.20. The molecule has 2 heterocycles. The number of hydrogen-bond donors (Lipinski definition) is 2. The van der Waals surface area contributed by atoms with Crippen LogP contribution in [-0.4, -0.2) is 37.5 Å². The summed E-state index contributed by atoms with van der Waals surface area (Å²) in [6.07, 6.45) is 1.73. The summed E-state index contributed by atoms with van der Waals surface area (Å²) in [4.78, 5) is 6.67. The largest absolute Gasteiger partial charge is 0.468 e. The van der Waals surface area contributed by atoms with Crippen molar-refractivity contribution in [3.05, 3.63) is 46.5 Å². The molecule has 2 aromatic rings. The molecule has 0 fully saturated rings. The molecule has 0 bridgehead atoms. The van der Waals surface area contributed by atoms with Gasteiger partial charge >= 0.3 is 0 Å². The Balaban J connectivity index is 1.93. The maximum atomic E-state index is 5.62. The summed E-state index contributed by atoms with van der Waals surface area (Å²) in [5, 5.41) is 11.0. The second-order valence-electron chi connectivity index (χ2n) is 5.19. The molecule has 2 aromatic heterocycles. The molecule has 0 aliphatic carbocycles. The van der Waals surface area contributed by atoms with Crippen LogP contribution in [0.1, 0.15) is 31.2 Å². The van der Waals surface area contributed by atoms with Crippen LogP contribution >= 0.6 is 11.3 Å². The first kappa shape index (κ1) is 17.6. The maximum Gasteiger partial charge on any atom is 0.191 e. The molecule has 2 N–H and O–H groups in total. The standard InChI is InChI=1S/C17H26N4OS/c1-4-21(5-2)15(16-7-6-9-22-16)12-20-17(18-3)19-11-14-8-10-23-13-14/h6-10,13,15H,4-5,11-12H2,1-3H3,(H2,18,19,20). The van der Waals surface area contributed by atoms with Crippen LogP contribution in [0.15, 0.2) is 44.6 Å². The van der Waals surface area contributed by atoms with E-state index in [1.807, 2.05) is 12.1 Å². The van der Waals surface area contributed by atoms with Gasteiger partial charge in [-0.3, -0.25) is 9.89 Å². The molecule has 126 valence electrons. The third-order valence-electron chi connectivity index (χ3n) is 3.85. The number of aliphatic imine (C=N–C) groups is 1. The third kappa shape index (κ3) is 5.11. The average Bonchev–Trinajstić information content (AvgIpc) is 3.27. The SMILES string of the molecule is CCN(CC)C(CNC(=NC)NCc1ccsc1)c1ccco1. The van der Waals surface area contributed by atoms with E-state index in [0.717, 1.165) is 37.9 Å². The maximum absolute atomic E-state index is 5.62. The first-order chi connectivity index (χ1) is 11.3. The zero-order valence-electron chi connectivity index (χ0n) is 14.1. The predicted octanol–water partition coefficient (Wildman–Crippen LogP) is 3.09. The summed E-state index contributed by atoms with van der Waals surface area (Å²) in [5.74, 6) is 1.79. The molecular weight excluding hydrogens is 308 g/mol.